The standard InChI is InChI=1S/C13H26N2O/c1-10(13(2,3)4)8-12(16)15-7-5-6-11(14)9-15/h10-11H,5-9,14H2,1-4H3. The summed E-state index contributed by atoms with van der Waals surface area (Å²) in [5.41, 5.74) is 6.09. The number of amides is 1. The molecule has 2 atom stereocenters. The highest BCUT2D eigenvalue weighted by Crippen LogP contribution is 2.28. The van der Waals surface area contributed by atoms with Gasteiger partial charge in [0.1, 0.15) is 0 Å². The third kappa shape index (κ3) is 3.78. The summed E-state index contributed by atoms with van der Waals surface area (Å²) in [6, 6.07) is 0.183. The Morgan fingerprint density at radius 3 is 2.62 bits per heavy atom. The van der Waals surface area contributed by atoms with Crippen molar-refractivity contribution in [1.82, 2.24) is 4.90 Å². The fourth-order valence-electron chi connectivity index (χ4n) is 1.93. The molecular weight excluding hydrogens is 200 g/mol. The third-order valence-corrected chi connectivity index (χ3v) is 3.77. The molecule has 2 N–H and O–H groups in total. The van der Waals surface area contributed by atoms with Gasteiger partial charge in [0, 0.05) is 25.6 Å². The summed E-state index contributed by atoms with van der Waals surface area (Å²) in [6.07, 6.45) is 2.76. The smallest absolute Gasteiger partial charge is 0.222 e. The van der Waals surface area contributed by atoms with E-state index in [0.717, 1.165) is 25.9 Å². The highest BCUT2D eigenvalue weighted by molar-refractivity contribution is 5.76. The Morgan fingerprint density at radius 1 is 1.50 bits per heavy atom. The van der Waals surface area contributed by atoms with Gasteiger partial charge < -0.3 is 10.6 Å². The lowest BCUT2D eigenvalue weighted by Gasteiger charge is -2.33. The maximum absolute atomic E-state index is 12.1. The predicted octanol–water partition coefficient (Wildman–Crippen LogP) is 2.01. The van der Waals surface area contributed by atoms with Gasteiger partial charge in [0.15, 0.2) is 0 Å². The molecule has 0 aromatic carbocycles. The molecule has 1 heterocycles. The summed E-state index contributed by atoms with van der Waals surface area (Å²) in [7, 11) is 0. The molecule has 16 heavy (non-hydrogen) atoms. The molecule has 3 heteroatoms. The molecule has 0 spiro atoms. The minimum atomic E-state index is 0.183. The van der Waals surface area contributed by atoms with Crippen molar-refractivity contribution in [2.45, 2.75) is 53.0 Å². The van der Waals surface area contributed by atoms with Crippen LogP contribution in [0.1, 0.15) is 47.0 Å². The van der Waals surface area contributed by atoms with Crippen LogP contribution in [0.4, 0.5) is 0 Å². The van der Waals surface area contributed by atoms with E-state index in [-0.39, 0.29) is 17.4 Å². The lowest BCUT2D eigenvalue weighted by Crippen LogP contribution is -2.46. The fraction of sp³-hybridized carbons (Fsp3) is 0.923. The second-order valence-electron chi connectivity index (χ2n) is 6.21. The summed E-state index contributed by atoms with van der Waals surface area (Å²) < 4.78 is 0. The summed E-state index contributed by atoms with van der Waals surface area (Å²) in [5.74, 6) is 0.690. The number of carbonyl (C=O) groups is 1. The van der Waals surface area contributed by atoms with Gasteiger partial charge in [0.05, 0.1) is 0 Å². The van der Waals surface area contributed by atoms with Crippen LogP contribution in [0.3, 0.4) is 0 Å². The van der Waals surface area contributed by atoms with Crippen LogP contribution in [0.2, 0.25) is 0 Å². The van der Waals surface area contributed by atoms with Crippen molar-refractivity contribution in [3.63, 3.8) is 0 Å². The second kappa shape index (κ2) is 5.17. The minimum absolute atomic E-state index is 0.183. The molecule has 0 aromatic heterocycles. The number of hydrogen-bond donors (Lipinski definition) is 1. The van der Waals surface area contributed by atoms with Crippen LogP contribution in [0.25, 0.3) is 0 Å². The Labute approximate surface area is 99.4 Å². The summed E-state index contributed by atoms with van der Waals surface area (Å²) in [5, 5.41) is 0. The van der Waals surface area contributed by atoms with E-state index in [0.29, 0.717) is 12.3 Å². The van der Waals surface area contributed by atoms with E-state index in [1.54, 1.807) is 0 Å². The molecule has 0 aromatic rings. The molecule has 1 rings (SSSR count). The van der Waals surface area contributed by atoms with Crippen molar-refractivity contribution in [2.75, 3.05) is 13.1 Å². The lowest BCUT2D eigenvalue weighted by atomic mass is 9.80. The molecule has 94 valence electrons. The Bertz CT molecular complexity index is 245. The summed E-state index contributed by atoms with van der Waals surface area (Å²) >= 11 is 0. The fourth-order valence-corrected chi connectivity index (χ4v) is 1.93. The van der Waals surface area contributed by atoms with Gasteiger partial charge in [0.25, 0.3) is 0 Å². The molecule has 1 saturated heterocycles. The minimum Gasteiger partial charge on any atom is -0.341 e. The van der Waals surface area contributed by atoms with Gasteiger partial charge in [-0.05, 0) is 24.2 Å². The Hall–Kier alpha value is -0.570. The molecule has 0 radical (unpaired) electrons. The zero-order valence-corrected chi connectivity index (χ0v) is 11.1. The first-order valence-electron chi connectivity index (χ1n) is 6.34. The van der Waals surface area contributed by atoms with Crippen LogP contribution in [0, 0.1) is 11.3 Å². The Kier molecular flexibility index (Phi) is 4.36. The molecule has 1 aliphatic heterocycles. The normalized spacial score (nSPS) is 24.3. The van der Waals surface area contributed by atoms with Crippen molar-refractivity contribution in [3.05, 3.63) is 0 Å². The number of piperidine rings is 1. The van der Waals surface area contributed by atoms with Gasteiger partial charge in [-0.2, -0.15) is 0 Å². The molecule has 1 aliphatic rings. The molecule has 1 fully saturated rings. The highest BCUT2D eigenvalue weighted by Gasteiger charge is 2.27. The number of likely N-dealkylation sites (tertiary alicyclic amines) is 1. The largest absolute Gasteiger partial charge is 0.341 e. The molecule has 0 bridgehead atoms. The van der Waals surface area contributed by atoms with Crippen LogP contribution in [0.5, 0.6) is 0 Å². The summed E-state index contributed by atoms with van der Waals surface area (Å²) in [4.78, 5) is 14.0. The molecule has 1 amide bonds. The third-order valence-electron chi connectivity index (χ3n) is 3.77. The van der Waals surface area contributed by atoms with Crippen LogP contribution >= 0.6 is 0 Å². The van der Waals surface area contributed by atoms with E-state index in [4.69, 9.17) is 5.73 Å². The van der Waals surface area contributed by atoms with Gasteiger partial charge in [-0.1, -0.05) is 27.7 Å². The molecule has 0 saturated carbocycles. The van der Waals surface area contributed by atoms with Gasteiger partial charge in [-0.25, -0.2) is 0 Å². The van der Waals surface area contributed by atoms with Crippen molar-refractivity contribution in [2.24, 2.45) is 17.1 Å². The zero-order chi connectivity index (χ0) is 12.3. The van der Waals surface area contributed by atoms with Gasteiger partial charge in [-0.15, -0.1) is 0 Å². The first-order valence-corrected chi connectivity index (χ1v) is 6.34. The zero-order valence-electron chi connectivity index (χ0n) is 11.1. The van der Waals surface area contributed by atoms with Crippen LogP contribution in [-0.4, -0.2) is 29.9 Å². The van der Waals surface area contributed by atoms with E-state index in [2.05, 4.69) is 27.7 Å². The topological polar surface area (TPSA) is 46.3 Å². The maximum Gasteiger partial charge on any atom is 0.222 e. The van der Waals surface area contributed by atoms with Crippen molar-refractivity contribution in [3.8, 4) is 0 Å². The predicted molar refractivity (Wildman–Crippen MR) is 67.0 cm³/mol. The van der Waals surface area contributed by atoms with Crippen molar-refractivity contribution >= 4 is 5.91 Å². The van der Waals surface area contributed by atoms with Crippen molar-refractivity contribution < 1.29 is 4.79 Å². The van der Waals surface area contributed by atoms with Gasteiger partial charge in [0.2, 0.25) is 5.91 Å². The number of carbonyl (C=O) groups excluding carboxylic acids is 1. The van der Waals surface area contributed by atoms with Crippen molar-refractivity contribution in [1.29, 1.82) is 0 Å². The lowest BCUT2D eigenvalue weighted by molar-refractivity contribution is -0.134. The number of rotatable bonds is 2. The first kappa shape index (κ1) is 13.5. The second-order valence-corrected chi connectivity index (χ2v) is 6.21. The monoisotopic (exact) mass is 226 g/mol. The van der Waals surface area contributed by atoms with Gasteiger partial charge in [-0.3, -0.25) is 4.79 Å². The SMILES string of the molecule is CC(CC(=O)N1CCCC(N)C1)C(C)(C)C. The van der Waals surface area contributed by atoms with E-state index in [1.165, 1.54) is 0 Å². The van der Waals surface area contributed by atoms with E-state index in [1.807, 2.05) is 4.90 Å². The first-order chi connectivity index (χ1) is 7.30. The van der Waals surface area contributed by atoms with E-state index >= 15 is 0 Å². The number of nitrogens with zero attached hydrogens (tertiary/aromatic N) is 1. The quantitative estimate of drug-likeness (QED) is 0.783. The Morgan fingerprint density at radius 2 is 2.12 bits per heavy atom. The average molecular weight is 226 g/mol. The van der Waals surface area contributed by atoms with Crippen LogP contribution < -0.4 is 5.73 Å². The maximum atomic E-state index is 12.1. The highest BCUT2D eigenvalue weighted by atomic mass is 16.2. The Balaban J connectivity index is 2.46. The summed E-state index contributed by atoms with van der Waals surface area (Å²) in [6.45, 7) is 10.4. The molecule has 3 nitrogen and oxygen atoms in total. The molecule has 0 aliphatic carbocycles. The van der Waals surface area contributed by atoms with E-state index < -0.39 is 0 Å². The van der Waals surface area contributed by atoms with Crippen LogP contribution in [-0.2, 0) is 4.79 Å². The average Bonchev–Trinajstić information content (AvgIpc) is 2.16. The molecular formula is C13H26N2O. The number of hydrogen-bond acceptors (Lipinski definition) is 2. The number of nitrogens with two attached hydrogens (primary N) is 1. The molecule has 2 unspecified atom stereocenters. The van der Waals surface area contributed by atoms with E-state index in [9.17, 15) is 4.79 Å². The van der Waals surface area contributed by atoms with Crippen LogP contribution in [0.15, 0.2) is 0 Å². The van der Waals surface area contributed by atoms with Gasteiger partial charge >= 0.3 is 0 Å².